The molecular formula is C22H28ClFN2O6. The van der Waals surface area contributed by atoms with Crippen molar-refractivity contribution in [3.05, 3.63) is 57.4 Å². The van der Waals surface area contributed by atoms with Crippen LogP contribution in [-0.2, 0) is 28.5 Å². The number of dihydropyridines is 1. The molecule has 1 unspecified atom stereocenters. The second kappa shape index (κ2) is 13.2. The van der Waals surface area contributed by atoms with Crippen LogP contribution >= 0.6 is 11.6 Å². The van der Waals surface area contributed by atoms with E-state index in [2.05, 4.69) is 5.32 Å². The molecular weight excluding hydrogens is 443 g/mol. The number of ether oxygens (including phenoxy) is 4. The zero-order chi connectivity index (χ0) is 23.5. The summed E-state index contributed by atoms with van der Waals surface area (Å²) in [5.74, 6) is -2.47. The van der Waals surface area contributed by atoms with E-state index in [1.165, 1.54) is 7.11 Å². The first-order valence-electron chi connectivity index (χ1n) is 10.1. The summed E-state index contributed by atoms with van der Waals surface area (Å²) in [6.45, 7) is 2.00. The fourth-order valence-electron chi connectivity index (χ4n) is 3.33. The topological polar surface area (TPSA) is 109 Å². The highest BCUT2D eigenvalue weighted by atomic mass is 35.5. The molecule has 1 aliphatic rings. The van der Waals surface area contributed by atoms with Crippen molar-refractivity contribution in [1.29, 1.82) is 0 Å². The number of esters is 2. The number of benzene rings is 1. The van der Waals surface area contributed by atoms with E-state index in [0.717, 1.165) is 0 Å². The average molecular weight is 471 g/mol. The number of allylic oxidation sites excluding steroid dienone is 1. The lowest BCUT2D eigenvalue weighted by Crippen LogP contribution is -2.36. The van der Waals surface area contributed by atoms with Gasteiger partial charge in [0, 0.05) is 11.6 Å². The molecule has 0 aliphatic carbocycles. The van der Waals surface area contributed by atoms with E-state index in [1.54, 1.807) is 31.2 Å². The van der Waals surface area contributed by atoms with Crippen LogP contribution < -0.4 is 11.1 Å². The SMILES string of the molecule is CCOC(=O)C1=C(COCCOCCN)NC(CF)=C(C(=O)OC)C1c1ccccc1Cl. The lowest BCUT2D eigenvalue weighted by Gasteiger charge is -2.32. The number of nitrogens with two attached hydrogens (primary N) is 1. The molecule has 0 radical (unpaired) electrons. The van der Waals surface area contributed by atoms with E-state index in [4.69, 9.17) is 36.3 Å². The number of halogens is 2. The number of alkyl halides is 1. The van der Waals surface area contributed by atoms with Gasteiger partial charge in [0.1, 0.15) is 6.67 Å². The summed E-state index contributed by atoms with van der Waals surface area (Å²) in [5, 5.41) is 3.13. The molecule has 1 aliphatic heterocycles. The number of carbonyl (C=O) groups is 2. The van der Waals surface area contributed by atoms with Crippen LogP contribution in [-0.4, -0.2) is 65.3 Å². The van der Waals surface area contributed by atoms with Crippen molar-refractivity contribution in [3.8, 4) is 0 Å². The van der Waals surface area contributed by atoms with Gasteiger partial charge in [0.25, 0.3) is 0 Å². The highest BCUT2D eigenvalue weighted by Crippen LogP contribution is 2.42. The van der Waals surface area contributed by atoms with Crippen LogP contribution in [0.15, 0.2) is 46.8 Å². The molecule has 1 aromatic carbocycles. The predicted octanol–water partition coefficient (Wildman–Crippen LogP) is 2.23. The number of hydrogen-bond acceptors (Lipinski definition) is 8. The molecule has 2 rings (SSSR count). The molecule has 1 aromatic rings. The first-order valence-corrected chi connectivity index (χ1v) is 10.5. The molecule has 1 atom stereocenters. The normalized spacial score (nSPS) is 16.1. The minimum Gasteiger partial charge on any atom is -0.466 e. The number of rotatable bonds is 12. The summed E-state index contributed by atoms with van der Waals surface area (Å²) in [6.07, 6.45) is 0. The monoisotopic (exact) mass is 470 g/mol. The van der Waals surface area contributed by atoms with Gasteiger partial charge in [-0.05, 0) is 18.6 Å². The summed E-state index contributed by atoms with van der Waals surface area (Å²) in [4.78, 5) is 25.7. The zero-order valence-corrected chi connectivity index (χ0v) is 18.9. The van der Waals surface area contributed by atoms with Crippen LogP contribution in [0.25, 0.3) is 0 Å². The molecule has 0 fully saturated rings. The number of methoxy groups -OCH3 is 1. The fourth-order valence-corrected chi connectivity index (χ4v) is 3.57. The van der Waals surface area contributed by atoms with E-state index in [1.807, 2.05) is 0 Å². The van der Waals surface area contributed by atoms with Gasteiger partial charge in [-0.1, -0.05) is 29.8 Å². The molecule has 176 valence electrons. The molecule has 1 heterocycles. The standard InChI is InChI=1S/C22H28ClFN2O6/c1-3-32-22(28)20-17(13-31-11-10-30-9-8-25)26-16(12-24)19(21(27)29-2)18(20)14-6-4-5-7-15(14)23/h4-7,18,26H,3,8-13,25H2,1-2H3. The summed E-state index contributed by atoms with van der Waals surface area (Å²) >= 11 is 6.41. The Labute approximate surface area is 191 Å². The Morgan fingerprint density at radius 1 is 1.09 bits per heavy atom. The quantitative estimate of drug-likeness (QED) is 0.353. The summed E-state index contributed by atoms with van der Waals surface area (Å²) < 4.78 is 35.1. The van der Waals surface area contributed by atoms with Gasteiger partial charge in [-0.2, -0.15) is 0 Å². The Morgan fingerprint density at radius 2 is 1.78 bits per heavy atom. The zero-order valence-electron chi connectivity index (χ0n) is 18.1. The molecule has 0 spiro atoms. The van der Waals surface area contributed by atoms with Gasteiger partial charge in [-0.25, -0.2) is 14.0 Å². The molecule has 32 heavy (non-hydrogen) atoms. The first-order chi connectivity index (χ1) is 15.5. The number of nitrogens with one attached hydrogen (secondary N) is 1. The average Bonchev–Trinajstić information content (AvgIpc) is 2.80. The minimum atomic E-state index is -1.01. The van der Waals surface area contributed by atoms with Gasteiger partial charge in [0.05, 0.1) is 68.6 Å². The lowest BCUT2D eigenvalue weighted by molar-refractivity contribution is -0.139. The Morgan fingerprint density at radius 3 is 2.41 bits per heavy atom. The molecule has 3 N–H and O–H groups in total. The molecule has 8 nitrogen and oxygen atoms in total. The molecule has 0 bridgehead atoms. The van der Waals surface area contributed by atoms with Gasteiger partial charge in [0.2, 0.25) is 0 Å². The van der Waals surface area contributed by atoms with Gasteiger partial charge in [0.15, 0.2) is 0 Å². The van der Waals surface area contributed by atoms with Crippen LogP contribution in [0, 0.1) is 0 Å². The Bertz CT molecular complexity index is 874. The van der Waals surface area contributed by atoms with Crippen molar-refractivity contribution in [2.24, 2.45) is 5.73 Å². The number of carbonyl (C=O) groups excluding carboxylic acids is 2. The highest BCUT2D eigenvalue weighted by Gasteiger charge is 2.40. The third kappa shape index (κ3) is 6.29. The van der Waals surface area contributed by atoms with E-state index in [0.29, 0.717) is 30.3 Å². The van der Waals surface area contributed by atoms with Crippen LogP contribution in [0.5, 0.6) is 0 Å². The van der Waals surface area contributed by atoms with Crippen molar-refractivity contribution in [2.75, 3.05) is 53.4 Å². The fraction of sp³-hybridized carbons (Fsp3) is 0.455. The van der Waals surface area contributed by atoms with Crippen LogP contribution in [0.2, 0.25) is 5.02 Å². The molecule has 0 saturated carbocycles. The second-order valence-electron chi connectivity index (χ2n) is 6.66. The predicted molar refractivity (Wildman–Crippen MR) is 117 cm³/mol. The van der Waals surface area contributed by atoms with E-state index in [-0.39, 0.29) is 42.4 Å². The summed E-state index contributed by atoms with van der Waals surface area (Å²) in [6, 6.07) is 6.71. The van der Waals surface area contributed by atoms with Crippen LogP contribution in [0.3, 0.4) is 0 Å². The first kappa shape index (κ1) is 25.8. The minimum absolute atomic E-state index is 0.0344. The lowest BCUT2D eigenvalue weighted by atomic mass is 9.80. The van der Waals surface area contributed by atoms with Crippen LogP contribution in [0.4, 0.5) is 4.39 Å². The molecule has 10 heteroatoms. The summed E-state index contributed by atoms with van der Waals surface area (Å²) in [5.41, 5.74) is 6.10. The number of hydrogen-bond donors (Lipinski definition) is 2. The van der Waals surface area contributed by atoms with Crippen molar-refractivity contribution in [2.45, 2.75) is 12.8 Å². The summed E-state index contributed by atoms with van der Waals surface area (Å²) in [7, 11) is 1.18. The molecule has 0 saturated heterocycles. The third-order valence-electron chi connectivity index (χ3n) is 4.66. The maximum atomic E-state index is 14.0. The van der Waals surface area contributed by atoms with Crippen molar-refractivity contribution < 1.29 is 32.9 Å². The molecule has 0 aromatic heterocycles. The smallest absolute Gasteiger partial charge is 0.336 e. The van der Waals surface area contributed by atoms with E-state index < -0.39 is 24.5 Å². The largest absolute Gasteiger partial charge is 0.466 e. The van der Waals surface area contributed by atoms with Crippen molar-refractivity contribution >= 4 is 23.5 Å². The molecule has 0 amide bonds. The Kier molecular flexibility index (Phi) is 10.6. The van der Waals surface area contributed by atoms with Gasteiger partial charge in [-0.3, -0.25) is 0 Å². The highest BCUT2D eigenvalue weighted by molar-refractivity contribution is 6.31. The second-order valence-corrected chi connectivity index (χ2v) is 7.07. The maximum Gasteiger partial charge on any atom is 0.336 e. The van der Waals surface area contributed by atoms with Crippen LogP contribution in [0.1, 0.15) is 18.4 Å². The Balaban J connectivity index is 2.54. The van der Waals surface area contributed by atoms with Crippen molar-refractivity contribution in [1.82, 2.24) is 5.32 Å². The van der Waals surface area contributed by atoms with Gasteiger partial charge in [-0.15, -0.1) is 0 Å². The van der Waals surface area contributed by atoms with Gasteiger partial charge >= 0.3 is 11.9 Å². The third-order valence-corrected chi connectivity index (χ3v) is 5.00. The van der Waals surface area contributed by atoms with Crippen molar-refractivity contribution in [3.63, 3.8) is 0 Å². The van der Waals surface area contributed by atoms with E-state index >= 15 is 0 Å². The van der Waals surface area contributed by atoms with Gasteiger partial charge < -0.3 is 30.0 Å². The maximum absolute atomic E-state index is 14.0. The Hall–Kier alpha value is -2.46. The van der Waals surface area contributed by atoms with E-state index in [9.17, 15) is 14.0 Å².